The van der Waals surface area contributed by atoms with Gasteiger partial charge in [-0.3, -0.25) is 0 Å². The first-order valence-electron chi connectivity index (χ1n) is 7.88. The van der Waals surface area contributed by atoms with Crippen molar-refractivity contribution in [2.75, 3.05) is 7.05 Å². The van der Waals surface area contributed by atoms with E-state index in [9.17, 15) is 8.42 Å². The molecule has 1 N–H and O–H groups in total. The van der Waals surface area contributed by atoms with E-state index in [1.54, 1.807) is 44.3 Å². The van der Waals surface area contributed by atoms with Gasteiger partial charge >= 0.3 is 0 Å². The van der Waals surface area contributed by atoms with Crippen molar-refractivity contribution in [2.45, 2.75) is 18.4 Å². The van der Waals surface area contributed by atoms with E-state index in [-0.39, 0.29) is 4.90 Å². The summed E-state index contributed by atoms with van der Waals surface area (Å²) in [5.74, 6) is 0. The molecule has 6 heteroatoms. The molecule has 1 heterocycles. The van der Waals surface area contributed by atoms with Gasteiger partial charge in [-0.15, -0.1) is 0 Å². The molecule has 0 unspecified atom stereocenters. The zero-order chi connectivity index (χ0) is 18.0. The van der Waals surface area contributed by atoms with Gasteiger partial charge in [0, 0.05) is 23.4 Å². The van der Waals surface area contributed by atoms with Crippen molar-refractivity contribution in [3.05, 3.63) is 76.9 Å². The largest absolute Gasteiger partial charge is 0.316 e. The number of benzene rings is 2. The van der Waals surface area contributed by atoms with E-state index in [0.29, 0.717) is 23.0 Å². The number of hydrogen-bond acceptors (Lipinski definition) is 3. The Bertz CT molecular complexity index is 981. The molecule has 0 aliphatic carbocycles. The second-order valence-corrected chi connectivity index (χ2v) is 7.87. The summed E-state index contributed by atoms with van der Waals surface area (Å²) in [4.78, 5) is 0.234. The lowest BCUT2D eigenvalue weighted by Gasteiger charge is -2.13. The normalized spacial score (nSPS) is 11.6. The predicted molar refractivity (Wildman–Crippen MR) is 101 cm³/mol. The van der Waals surface area contributed by atoms with E-state index in [4.69, 9.17) is 11.6 Å². The summed E-state index contributed by atoms with van der Waals surface area (Å²) in [5.41, 5.74) is 2.65. The maximum atomic E-state index is 13.3. The molecule has 25 heavy (non-hydrogen) atoms. The van der Waals surface area contributed by atoms with Gasteiger partial charge in [0.2, 0.25) is 0 Å². The van der Waals surface area contributed by atoms with Gasteiger partial charge in [-0.05, 0) is 26.1 Å². The van der Waals surface area contributed by atoms with Gasteiger partial charge in [0.1, 0.15) is 0 Å². The van der Waals surface area contributed by atoms with Gasteiger partial charge < -0.3 is 5.32 Å². The van der Waals surface area contributed by atoms with Crippen molar-refractivity contribution >= 4 is 21.6 Å². The standard InChI is InChI=1S/C19H19ClN2O2S/c1-14-17(13-21-2)18(20)19(15-9-5-3-6-10-15)22(14)25(23,24)16-11-7-4-8-12-16/h3-12,21H,13H2,1-2H3. The fraction of sp³-hybridized carbons (Fsp3) is 0.158. The monoisotopic (exact) mass is 374 g/mol. The fourth-order valence-electron chi connectivity index (χ4n) is 2.90. The number of halogens is 1. The Morgan fingerprint density at radius 3 is 2.12 bits per heavy atom. The third-order valence-corrected chi connectivity index (χ3v) is 6.31. The van der Waals surface area contributed by atoms with Gasteiger partial charge in [-0.2, -0.15) is 0 Å². The second kappa shape index (κ2) is 7.04. The number of hydrogen-bond donors (Lipinski definition) is 1. The highest BCUT2D eigenvalue weighted by molar-refractivity contribution is 7.90. The van der Waals surface area contributed by atoms with Crippen LogP contribution in [0.5, 0.6) is 0 Å². The van der Waals surface area contributed by atoms with Gasteiger partial charge in [0.05, 0.1) is 15.6 Å². The summed E-state index contributed by atoms with van der Waals surface area (Å²) >= 11 is 6.62. The van der Waals surface area contributed by atoms with Crippen LogP contribution >= 0.6 is 11.6 Å². The average Bonchev–Trinajstić information content (AvgIpc) is 2.89. The van der Waals surface area contributed by atoms with Crippen LogP contribution in [0.2, 0.25) is 5.02 Å². The van der Waals surface area contributed by atoms with Crippen LogP contribution in [0, 0.1) is 6.92 Å². The smallest absolute Gasteiger partial charge is 0.268 e. The molecule has 0 bridgehead atoms. The van der Waals surface area contributed by atoms with Gasteiger partial charge in [-0.1, -0.05) is 60.1 Å². The Labute approximate surface area is 153 Å². The van der Waals surface area contributed by atoms with Crippen molar-refractivity contribution in [2.24, 2.45) is 0 Å². The number of nitrogens with one attached hydrogen (secondary N) is 1. The summed E-state index contributed by atoms with van der Waals surface area (Å²) < 4.78 is 28.0. The topological polar surface area (TPSA) is 51.1 Å². The molecule has 0 fully saturated rings. The summed E-state index contributed by atoms with van der Waals surface area (Å²) in [6, 6.07) is 17.7. The third kappa shape index (κ3) is 3.11. The molecule has 0 aliphatic rings. The molecule has 3 aromatic rings. The number of rotatable bonds is 5. The molecule has 2 aromatic carbocycles. The summed E-state index contributed by atoms with van der Waals surface area (Å²) in [6.45, 7) is 2.27. The SMILES string of the molecule is CNCc1c(Cl)c(-c2ccccc2)n(S(=O)(=O)c2ccccc2)c1C. The molecule has 0 aliphatic heterocycles. The molecule has 0 saturated carbocycles. The van der Waals surface area contributed by atoms with Crippen LogP contribution in [-0.2, 0) is 16.6 Å². The molecule has 0 amide bonds. The Morgan fingerprint density at radius 1 is 1.00 bits per heavy atom. The first kappa shape index (κ1) is 17.7. The summed E-state index contributed by atoms with van der Waals surface area (Å²) in [6.07, 6.45) is 0. The molecule has 0 saturated heterocycles. The molecule has 3 rings (SSSR count). The molecule has 130 valence electrons. The fourth-order valence-corrected chi connectivity index (χ4v) is 4.97. The van der Waals surface area contributed by atoms with Crippen molar-refractivity contribution in [1.29, 1.82) is 0 Å². The molecule has 0 spiro atoms. The maximum absolute atomic E-state index is 13.3. The highest BCUT2D eigenvalue weighted by atomic mass is 35.5. The van der Waals surface area contributed by atoms with Gasteiger partial charge in [0.15, 0.2) is 0 Å². The summed E-state index contributed by atoms with van der Waals surface area (Å²) in [5, 5.41) is 3.51. The van der Waals surface area contributed by atoms with E-state index in [1.807, 2.05) is 30.3 Å². The number of aromatic nitrogens is 1. The van der Waals surface area contributed by atoms with Crippen LogP contribution in [0.25, 0.3) is 11.3 Å². The zero-order valence-electron chi connectivity index (χ0n) is 14.0. The van der Waals surface area contributed by atoms with Crippen LogP contribution in [-0.4, -0.2) is 19.4 Å². The van der Waals surface area contributed by atoms with Crippen molar-refractivity contribution in [1.82, 2.24) is 9.29 Å². The minimum absolute atomic E-state index is 0.234. The molecule has 4 nitrogen and oxygen atoms in total. The van der Waals surface area contributed by atoms with Gasteiger partial charge in [-0.25, -0.2) is 12.4 Å². The lowest BCUT2D eigenvalue weighted by molar-refractivity contribution is 0.586. The quantitative estimate of drug-likeness (QED) is 0.732. The van der Waals surface area contributed by atoms with E-state index < -0.39 is 10.0 Å². The predicted octanol–water partition coefficient (Wildman–Crippen LogP) is 4.07. The van der Waals surface area contributed by atoms with Crippen molar-refractivity contribution < 1.29 is 8.42 Å². The van der Waals surface area contributed by atoms with E-state index in [0.717, 1.165) is 11.1 Å². The first-order valence-corrected chi connectivity index (χ1v) is 9.70. The van der Waals surface area contributed by atoms with Crippen LogP contribution in [0.4, 0.5) is 0 Å². The second-order valence-electron chi connectivity index (χ2n) is 5.71. The Balaban J connectivity index is 2.35. The number of nitrogens with zero attached hydrogens (tertiary/aromatic N) is 1. The highest BCUT2D eigenvalue weighted by Crippen LogP contribution is 2.38. The first-order chi connectivity index (χ1) is 12.0. The Hall–Kier alpha value is -2.08. The molecule has 0 radical (unpaired) electrons. The summed E-state index contributed by atoms with van der Waals surface area (Å²) in [7, 11) is -1.96. The van der Waals surface area contributed by atoms with Crippen LogP contribution < -0.4 is 5.32 Å². The maximum Gasteiger partial charge on any atom is 0.268 e. The van der Waals surface area contributed by atoms with Crippen LogP contribution in [0.3, 0.4) is 0 Å². The third-order valence-electron chi connectivity index (χ3n) is 4.10. The molecular formula is C19H19ClN2O2S. The minimum Gasteiger partial charge on any atom is -0.316 e. The van der Waals surface area contributed by atoms with Crippen molar-refractivity contribution in [3.63, 3.8) is 0 Å². The van der Waals surface area contributed by atoms with Gasteiger partial charge in [0.25, 0.3) is 10.0 Å². The van der Waals surface area contributed by atoms with E-state index >= 15 is 0 Å². The van der Waals surface area contributed by atoms with Crippen molar-refractivity contribution in [3.8, 4) is 11.3 Å². The Kier molecular flexibility index (Phi) is 4.99. The zero-order valence-corrected chi connectivity index (χ0v) is 15.6. The molecule has 1 aromatic heterocycles. The Morgan fingerprint density at radius 2 is 1.56 bits per heavy atom. The minimum atomic E-state index is -3.76. The van der Waals surface area contributed by atoms with E-state index in [2.05, 4.69) is 5.32 Å². The van der Waals surface area contributed by atoms with Crippen LogP contribution in [0.1, 0.15) is 11.3 Å². The highest BCUT2D eigenvalue weighted by Gasteiger charge is 2.28. The average molecular weight is 375 g/mol. The lowest BCUT2D eigenvalue weighted by atomic mass is 10.1. The lowest BCUT2D eigenvalue weighted by Crippen LogP contribution is -2.16. The van der Waals surface area contributed by atoms with Crippen LogP contribution in [0.15, 0.2) is 65.6 Å². The molecular weight excluding hydrogens is 356 g/mol. The van der Waals surface area contributed by atoms with E-state index in [1.165, 1.54) is 3.97 Å². The molecule has 0 atom stereocenters.